The van der Waals surface area contributed by atoms with Crippen molar-refractivity contribution in [3.63, 3.8) is 0 Å². The number of nitrogens with one attached hydrogen (secondary N) is 1. The van der Waals surface area contributed by atoms with Gasteiger partial charge >= 0.3 is 5.69 Å². The van der Waals surface area contributed by atoms with E-state index in [1.165, 1.54) is 33.0 Å². The molecule has 3 N–H and O–H groups in total. The minimum Gasteiger partial charge on any atom is -0.366 e. The Morgan fingerprint density at radius 3 is 2.55 bits per heavy atom. The van der Waals surface area contributed by atoms with Gasteiger partial charge in [0.25, 0.3) is 5.91 Å². The van der Waals surface area contributed by atoms with Crippen molar-refractivity contribution in [3.05, 3.63) is 113 Å². The Hall–Kier alpha value is -5.42. The van der Waals surface area contributed by atoms with Crippen molar-refractivity contribution >= 4 is 38.9 Å². The quantitative estimate of drug-likeness (QED) is 0.320. The third-order valence-electron chi connectivity index (χ3n) is 6.36. The van der Waals surface area contributed by atoms with Crippen LogP contribution in [0.3, 0.4) is 0 Å². The summed E-state index contributed by atoms with van der Waals surface area (Å²) in [6, 6.07) is 21.6. The molecule has 2 aromatic carbocycles. The molecule has 0 saturated heterocycles. The van der Waals surface area contributed by atoms with Crippen molar-refractivity contribution < 1.29 is 9.59 Å². The predicted octanol–water partition coefficient (Wildman–Crippen LogP) is 4.26. The van der Waals surface area contributed by atoms with Gasteiger partial charge in [-0.3, -0.25) is 14.6 Å². The zero-order valence-electron chi connectivity index (χ0n) is 21.1. The van der Waals surface area contributed by atoms with Crippen molar-refractivity contribution in [3.8, 4) is 27.4 Å². The molecule has 2 amide bonds. The zero-order chi connectivity index (χ0) is 27.8. The van der Waals surface area contributed by atoms with Crippen LogP contribution in [-0.4, -0.2) is 36.1 Å². The Morgan fingerprint density at radius 2 is 1.80 bits per heavy atom. The number of benzene rings is 2. The molecular weight excluding hydrogens is 526 g/mol. The second-order valence-electron chi connectivity index (χ2n) is 8.94. The molecule has 0 saturated carbocycles. The molecule has 4 heterocycles. The molecular formula is C29H21N7O3S. The average Bonchev–Trinajstić information content (AvgIpc) is 3.56. The summed E-state index contributed by atoms with van der Waals surface area (Å²) < 4.78 is 3.45. The summed E-state index contributed by atoms with van der Waals surface area (Å²) in [6.07, 6.45) is 4.78. The smallest absolute Gasteiger partial charge is 0.350 e. The van der Waals surface area contributed by atoms with Crippen LogP contribution >= 0.6 is 11.3 Å². The number of carbonyl (C=O) groups is 2. The largest absolute Gasteiger partial charge is 0.366 e. The summed E-state index contributed by atoms with van der Waals surface area (Å²) in [5, 5.41) is 7.72. The van der Waals surface area contributed by atoms with Gasteiger partial charge < -0.3 is 11.1 Å². The molecule has 0 fully saturated rings. The number of hydrogen-bond donors (Lipinski definition) is 2. The number of nitrogens with two attached hydrogens (primary N) is 1. The number of aromatic nitrogens is 5. The van der Waals surface area contributed by atoms with Gasteiger partial charge in [0.05, 0.1) is 16.1 Å². The molecule has 10 nitrogen and oxygen atoms in total. The maximum Gasteiger partial charge on any atom is 0.350 e. The highest BCUT2D eigenvalue weighted by molar-refractivity contribution is 7.22. The maximum atomic E-state index is 13.2. The third-order valence-corrected chi connectivity index (χ3v) is 7.56. The van der Waals surface area contributed by atoms with E-state index in [9.17, 15) is 14.4 Å². The Balaban J connectivity index is 1.43. The molecule has 0 bridgehead atoms. The molecule has 6 rings (SSSR count). The molecule has 0 radical (unpaired) electrons. The van der Waals surface area contributed by atoms with Gasteiger partial charge in [0.2, 0.25) is 5.91 Å². The van der Waals surface area contributed by atoms with Crippen molar-refractivity contribution in [2.45, 2.75) is 0 Å². The van der Waals surface area contributed by atoms with E-state index in [-0.39, 0.29) is 11.4 Å². The van der Waals surface area contributed by atoms with E-state index in [4.69, 9.17) is 5.73 Å². The van der Waals surface area contributed by atoms with Crippen molar-refractivity contribution in [1.82, 2.24) is 24.3 Å². The Labute approximate surface area is 231 Å². The molecule has 0 atom stereocenters. The Bertz CT molecular complexity index is 1980. The first-order valence-electron chi connectivity index (χ1n) is 12.2. The minimum absolute atomic E-state index is 0.260. The number of carbonyl (C=O) groups excluding carboxylic acids is 2. The van der Waals surface area contributed by atoms with Crippen LogP contribution in [0.4, 0.5) is 5.69 Å². The molecule has 6 aromatic rings. The highest BCUT2D eigenvalue weighted by atomic mass is 32.1. The van der Waals surface area contributed by atoms with Crippen LogP contribution in [0.1, 0.15) is 20.8 Å². The molecule has 40 heavy (non-hydrogen) atoms. The maximum absolute atomic E-state index is 13.2. The summed E-state index contributed by atoms with van der Waals surface area (Å²) in [4.78, 5) is 47.2. The van der Waals surface area contributed by atoms with Gasteiger partial charge in [0, 0.05) is 46.7 Å². The van der Waals surface area contributed by atoms with Crippen LogP contribution < -0.4 is 16.7 Å². The summed E-state index contributed by atoms with van der Waals surface area (Å²) in [7, 11) is 1.60. The average molecular weight is 548 g/mol. The summed E-state index contributed by atoms with van der Waals surface area (Å²) in [5.41, 5.74) is 9.21. The topological polar surface area (TPSA) is 138 Å². The number of thiophene rings is 1. The van der Waals surface area contributed by atoms with Crippen LogP contribution in [0.2, 0.25) is 0 Å². The normalized spacial score (nSPS) is 11.0. The molecule has 0 aliphatic carbocycles. The lowest BCUT2D eigenvalue weighted by molar-refractivity contribution is 0.0995. The summed E-state index contributed by atoms with van der Waals surface area (Å²) in [5.74, 6) is -0.987. The third kappa shape index (κ3) is 4.54. The number of amides is 2. The standard InChI is InChI=1S/C29H21N7O3S/c1-35-29(39)36(16-33-35)20-8-9-21(22(15-20)23-7-2-3-11-31-23)24-14-17-10-12-32-25(26(17)40-24)28(38)34-19-6-4-5-18(13-19)27(30)37/h2-16H,1H3,(H2,30,37)(H,34,38). The monoisotopic (exact) mass is 547 g/mol. The van der Waals surface area contributed by atoms with Gasteiger partial charge in [-0.2, -0.15) is 5.10 Å². The first kappa shape index (κ1) is 24.9. The van der Waals surface area contributed by atoms with Crippen molar-refractivity contribution in [2.24, 2.45) is 12.8 Å². The van der Waals surface area contributed by atoms with Crippen LogP contribution in [0.15, 0.2) is 96.3 Å². The van der Waals surface area contributed by atoms with Gasteiger partial charge in [-0.25, -0.2) is 19.0 Å². The number of primary amides is 1. The number of anilines is 1. The van der Waals surface area contributed by atoms with E-state index in [1.807, 2.05) is 48.5 Å². The summed E-state index contributed by atoms with van der Waals surface area (Å²) >= 11 is 1.43. The lowest BCUT2D eigenvalue weighted by Crippen LogP contribution is -2.21. The van der Waals surface area contributed by atoms with E-state index in [1.54, 1.807) is 37.6 Å². The first-order valence-corrected chi connectivity index (χ1v) is 13.0. The van der Waals surface area contributed by atoms with E-state index in [0.717, 1.165) is 27.1 Å². The summed E-state index contributed by atoms with van der Waals surface area (Å²) in [6.45, 7) is 0. The van der Waals surface area contributed by atoms with E-state index < -0.39 is 11.8 Å². The number of aryl methyl sites for hydroxylation is 1. The lowest BCUT2D eigenvalue weighted by atomic mass is 10.0. The molecule has 0 aliphatic heterocycles. The minimum atomic E-state index is -0.581. The molecule has 0 spiro atoms. The van der Waals surface area contributed by atoms with E-state index in [0.29, 0.717) is 21.6 Å². The highest BCUT2D eigenvalue weighted by Gasteiger charge is 2.19. The number of hydrogen-bond acceptors (Lipinski definition) is 7. The van der Waals surface area contributed by atoms with Crippen LogP contribution in [0.25, 0.3) is 37.5 Å². The predicted molar refractivity (Wildman–Crippen MR) is 154 cm³/mol. The fraction of sp³-hybridized carbons (Fsp3) is 0.0345. The van der Waals surface area contributed by atoms with Gasteiger partial charge in [0.15, 0.2) is 0 Å². The Morgan fingerprint density at radius 1 is 0.925 bits per heavy atom. The molecule has 11 heteroatoms. The van der Waals surface area contributed by atoms with Gasteiger partial charge in [-0.1, -0.05) is 18.2 Å². The van der Waals surface area contributed by atoms with E-state index in [2.05, 4.69) is 20.4 Å². The van der Waals surface area contributed by atoms with Crippen LogP contribution in [-0.2, 0) is 7.05 Å². The van der Waals surface area contributed by atoms with Gasteiger partial charge in [0.1, 0.15) is 12.0 Å². The van der Waals surface area contributed by atoms with Crippen molar-refractivity contribution in [2.75, 3.05) is 5.32 Å². The van der Waals surface area contributed by atoms with Gasteiger partial charge in [-0.15, -0.1) is 11.3 Å². The molecule has 4 aromatic heterocycles. The number of pyridine rings is 2. The zero-order valence-corrected chi connectivity index (χ0v) is 21.9. The van der Waals surface area contributed by atoms with Gasteiger partial charge in [-0.05, 0) is 60.0 Å². The number of rotatable bonds is 6. The van der Waals surface area contributed by atoms with Crippen LogP contribution in [0, 0.1) is 0 Å². The second kappa shape index (κ2) is 10.0. The Kier molecular flexibility index (Phi) is 6.25. The van der Waals surface area contributed by atoms with E-state index >= 15 is 0 Å². The van der Waals surface area contributed by atoms with Crippen LogP contribution in [0.5, 0.6) is 0 Å². The second-order valence-corrected chi connectivity index (χ2v) is 9.99. The highest BCUT2D eigenvalue weighted by Crippen LogP contribution is 2.40. The fourth-order valence-electron chi connectivity index (χ4n) is 4.39. The molecule has 0 aliphatic rings. The molecule has 196 valence electrons. The fourth-order valence-corrected chi connectivity index (χ4v) is 5.57. The first-order chi connectivity index (χ1) is 19.4. The molecule has 0 unspecified atom stereocenters. The lowest BCUT2D eigenvalue weighted by Gasteiger charge is -2.10. The number of nitrogens with zero attached hydrogens (tertiary/aromatic N) is 5. The SMILES string of the molecule is Cn1ncn(-c2ccc(-c3cc4ccnc(C(=O)Nc5cccc(C(N)=O)c5)c4s3)c(-c3ccccn3)c2)c1=O. The number of fused-ring (bicyclic) bond motifs is 1. The van der Waals surface area contributed by atoms with Crippen molar-refractivity contribution in [1.29, 1.82) is 0 Å².